The molecule has 0 fully saturated rings. The monoisotopic (exact) mass is 513 g/mol. The molecule has 0 saturated heterocycles. The zero-order valence-corrected chi connectivity index (χ0v) is 21.4. The molecule has 2 aromatic heterocycles. The Hall–Kier alpha value is -3.40. The maximum absolute atomic E-state index is 13.2. The molecule has 1 N–H and O–H groups in total. The van der Waals surface area contributed by atoms with Crippen molar-refractivity contribution in [3.63, 3.8) is 0 Å². The lowest BCUT2D eigenvalue weighted by Gasteiger charge is -2.15. The molecule has 0 radical (unpaired) electrons. The first kappa shape index (κ1) is 25.7. The van der Waals surface area contributed by atoms with E-state index in [4.69, 9.17) is 0 Å². The molecule has 36 heavy (non-hydrogen) atoms. The number of alkyl halides is 3. The quantitative estimate of drug-likeness (QED) is 0.320. The summed E-state index contributed by atoms with van der Waals surface area (Å²) in [6.07, 6.45) is -3.85. The minimum atomic E-state index is -4.56. The third-order valence-electron chi connectivity index (χ3n) is 6.06. The summed E-state index contributed by atoms with van der Waals surface area (Å²) in [6, 6.07) is 9.21. The highest BCUT2D eigenvalue weighted by Crippen LogP contribution is 2.34. The Bertz CT molecular complexity index is 1440. The first-order chi connectivity index (χ1) is 16.9. The number of carbonyl (C=O) groups is 1. The van der Waals surface area contributed by atoms with Crippen molar-refractivity contribution in [3.8, 4) is 0 Å². The predicted octanol–water partition coefficient (Wildman–Crippen LogP) is 6.01. The average Bonchev–Trinajstić information content (AvgIpc) is 3.19. The highest BCUT2D eigenvalue weighted by atomic mass is 32.2. The average molecular weight is 514 g/mol. The van der Waals surface area contributed by atoms with Crippen LogP contribution in [0.5, 0.6) is 0 Å². The molecule has 2 heterocycles. The zero-order chi connectivity index (χ0) is 26.2. The summed E-state index contributed by atoms with van der Waals surface area (Å²) >= 11 is 1.04. The second kappa shape index (κ2) is 9.93. The third kappa shape index (κ3) is 5.38. The van der Waals surface area contributed by atoms with Gasteiger partial charge in [-0.2, -0.15) is 18.2 Å². The number of hydrogen-bond donors (Lipinski definition) is 1. The lowest BCUT2D eigenvalue weighted by atomic mass is 9.93. The Kier molecular flexibility index (Phi) is 7.08. The van der Waals surface area contributed by atoms with Gasteiger partial charge >= 0.3 is 6.18 Å². The van der Waals surface area contributed by atoms with Gasteiger partial charge in [0.1, 0.15) is 0 Å². The number of nitrogens with zero attached hydrogens (tertiary/aromatic N) is 4. The van der Waals surface area contributed by atoms with Gasteiger partial charge in [0.05, 0.1) is 17.0 Å². The number of hydrogen-bond acceptors (Lipinski definition) is 5. The van der Waals surface area contributed by atoms with Gasteiger partial charge in [0.15, 0.2) is 0 Å². The molecule has 6 nitrogen and oxygen atoms in total. The van der Waals surface area contributed by atoms with E-state index < -0.39 is 17.6 Å². The van der Waals surface area contributed by atoms with E-state index in [1.165, 1.54) is 40.5 Å². The van der Waals surface area contributed by atoms with E-state index >= 15 is 0 Å². The summed E-state index contributed by atoms with van der Waals surface area (Å²) in [4.78, 5) is 21.4. The van der Waals surface area contributed by atoms with Gasteiger partial charge in [0.2, 0.25) is 11.1 Å². The summed E-state index contributed by atoms with van der Waals surface area (Å²) in [5.41, 5.74) is 6.55. The van der Waals surface area contributed by atoms with Crippen molar-refractivity contribution in [1.82, 2.24) is 19.6 Å². The van der Waals surface area contributed by atoms with Gasteiger partial charge in [-0.25, -0.2) is 9.50 Å². The Labute approximate surface area is 211 Å². The van der Waals surface area contributed by atoms with Crippen molar-refractivity contribution >= 4 is 29.1 Å². The highest BCUT2D eigenvalue weighted by molar-refractivity contribution is 7.99. The fourth-order valence-electron chi connectivity index (χ4n) is 4.33. The molecule has 0 bridgehead atoms. The van der Waals surface area contributed by atoms with Crippen molar-refractivity contribution in [3.05, 3.63) is 81.2 Å². The van der Waals surface area contributed by atoms with E-state index in [2.05, 4.69) is 53.3 Å². The molecule has 2 aromatic carbocycles. The fourth-order valence-corrected chi connectivity index (χ4v) is 4.95. The summed E-state index contributed by atoms with van der Waals surface area (Å²) in [5.74, 6) is -0.311. The SMILES string of the molecule is Cc1cc(C)c(Cc2c(C)nc3nc(SCC(=O)Nc4ccccc4C(F)(F)F)nn3c2C)c(C)c1. The van der Waals surface area contributed by atoms with Crippen molar-refractivity contribution in [1.29, 1.82) is 0 Å². The number of thioether (sulfide) groups is 1. The van der Waals surface area contributed by atoms with Gasteiger partial charge in [-0.05, 0) is 69.0 Å². The first-order valence-electron chi connectivity index (χ1n) is 11.3. The molecule has 1 amide bonds. The first-order valence-corrected chi connectivity index (χ1v) is 12.3. The number of halogens is 3. The number of fused-ring (bicyclic) bond motifs is 1. The van der Waals surface area contributed by atoms with Gasteiger partial charge in [-0.15, -0.1) is 5.10 Å². The van der Waals surface area contributed by atoms with Gasteiger partial charge in [-0.3, -0.25) is 4.79 Å². The highest BCUT2D eigenvalue weighted by Gasteiger charge is 2.33. The fraction of sp³-hybridized carbons (Fsp3) is 0.308. The molecule has 10 heteroatoms. The van der Waals surface area contributed by atoms with Gasteiger partial charge < -0.3 is 5.32 Å². The third-order valence-corrected chi connectivity index (χ3v) is 6.90. The second-order valence-corrected chi connectivity index (χ2v) is 9.74. The molecule has 0 aliphatic heterocycles. The van der Waals surface area contributed by atoms with Crippen LogP contribution >= 0.6 is 11.8 Å². The van der Waals surface area contributed by atoms with Crippen LogP contribution in [-0.2, 0) is 17.4 Å². The largest absolute Gasteiger partial charge is 0.418 e. The van der Waals surface area contributed by atoms with Crippen molar-refractivity contribution in [2.75, 3.05) is 11.1 Å². The number of amides is 1. The van der Waals surface area contributed by atoms with Crippen molar-refractivity contribution < 1.29 is 18.0 Å². The summed E-state index contributed by atoms with van der Waals surface area (Å²) in [5, 5.41) is 7.15. The molecule has 0 spiro atoms. The zero-order valence-electron chi connectivity index (χ0n) is 20.6. The number of aromatic nitrogens is 4. The lowest BCUT2D eigenvalue weighted by Crippen LogP contribution is -2.18. The summed E-state index contributed by atoms with van der Waals surface area (Å²) in [6.45, 7) is 10.2. The van der Waals surface area contributed by atoms with E-state index in [-0.39, 0.29) is 11.4 Å². The van der Waals surface area contributed by atoms with Crippen LogP contribution in [0, 0.1) is 34.6 Å². The van der Waals surface area contributed by atoms with Crippen LogP contribution in [0.3, 0.4) is 0 Å². The number of nitrogens with one attached hydrogen (secondary N) is 1. The van der Waals surface area contributed by atoms with E-state index in [1.807, 2.05) is 13.8 Å². The van der Waals surface area contributed by atoms with Crippen LogP contribution in [0.1, 0.15) is 44.8 Å². The summed E-state index contributed by atoms with van der Waals surface area (Å²) < 4.78 is 41.2. The molecule has 0 aliphatic rings. The van der Waals surface area contributed by atoms with E-state index in [0.29, 0.717) is 17.4 Å². The van der Waals surface area contributed by atoms with Gasteiger partial charge in [-0.1, -0.05) is 41.6 Å². The second-order valence-electron chi connectivity index (χ2n) is 8.80. The Morgan fingerprint density at radius 3 is 2.33 bits per heavy atom. The maximum atomic E-state index is 13.2. The number of rotatable bonds is 6. The van der Waals surface area contributed by atoms with E-state index in [1.54, 1.807) is 4.52 Å². The molecule has 4 aromatic rings. The minimum absolute atomic E-state index is 0.143. The van der Waals surface area contributed by atoms with Crippen molar-refractivity contribution in [2.24, 2.45) is 0 Å². The van der Waals surface area contributed by atoms with Crippen LogP contribution in [0.15, 0.2) is 41.6 Å². The molecule has 188 valence electrons. The number of aryl methyl sites for hydroxylation is 5. The molecular formula is C26H26F3N5OS. The standard InChI is InChI=1S/C26H26F3N5OS/c1-14-10-15(2)19(16(3)11-14)12-20-17(4)30-24-32-25(33-34(24)18(20)5)36-13-23(35)31-22-9-7-6-8-21(22)26(27,28)29/h6-11H,12-13H2,1-5H3,(H,31,35). The number of benzene rings is 2. The minimum Gasteiger partial charge on any atom is -0.325 e. The van der Waals surface area contributed by atoms with Crippen LogP contribution in [-0.4, -0.2) is 31.2 Å². The molecule has 0 atom stereocenters. The molecule has 0 aliphatic carbocycles. The number of anilines is 1. The number of carbonyl (C=O) groups excluding carboxylic acids is 1. The smallest absolute Gasteiger partial charge is 0.325 e. The van der Waals surface area contributed by atoms with Crippen LogP contribution in [0.4, 0.5) is 18.9 Å². The maximum Gasteiger partial charge on any atom is 0.418 e. The van der Waals surface area contributed by atoms with E-state index in [0.717, 1.165) is 34.8 Å². The van der Waals surface area contributed by atoms with E-state index in [9.17, 15) is 18.0 Å². The van der Waals surface area contributed by atoms with Gasteiger partial charge in [0, 0.05) is 17.8 Å². The van der Waals surface area contributed by atoms with Gasteiger partial charge in [0.25, 0.3) is 5.78 Å². The summed E-state index contributed by atoms with van der Waals surface area (Å²) in [7, 11) is 0. The Morgan fingerprint density at radius 1 is 1.00 bits per heavy atom. The predicted molar refractivity (Wildman–Crippen MR) is 135 cm³/mol. The van der Waals surface area contributed by atoms with Crippen LogP contribution in [0.25, 0.3) is 5.78 Å². The molecule has 0 unspecified atom stereocenters. The van der Waals surface area contributed by atoms with Crippen LogP contribution < -0.4 is 5.32 Å². The Morgan fingerprint density at radius 2 is 1.67 bits per heavy atom. The normalized spacial score (nSPS) is 11.8. The molecule has 0 saturated carbocycles. The lowest BCUT2D eigenvalue weighted by molar-refractivity contribution is -0.137. The number of para-hydroxylation sites is 1. The molecule has 4 rings (SSSR count). The Balaban J connectivity index is 1.53. The van der Waals surface area contributed by atoms with Crippen LogP contribution in [0.2, 0.25) is 0 Å². The van der Waals surface area contributed by atoms with Crippen molar-refractivity contribution in [2.45, 2.75) is 52.4 Å². The topological polar surface area (TPSA) is 72.2 Å². The molecular weight excluding hydrogens is 487 g/mol.